The van der Waals surface area contributed by atoms with Gasteiger partial charge in [-0.3, -0.25) is 0 Å². The maximum absolute atomic E-state index is 5.48. The van der Waals surface area contributed by atoms with Crippen LogP contribution < -0.4 is 16.6 Å². The van der Waals surface area contributed by atoms with Gasteiger partial charge < -0.3 is 15.6 Å². The number of nitrogens with one attached hydrogen (secondary N) is 2. The van der Waals surface area contributed by atoms with Gasteiger partial charge in [0.1, 0.15) is 17.5 Å². The SMILES string of the molecule is Cc1nc(NN)c(C)c(NCCCN2CCCCC2C)n1. The van der Waals surface area contributed by atoms with Crippen molar-refractivity contribution in [3.05, 3.63) is 11.4 Å². The molecule has 1 aliphatic heterocycles. The van der Waals surface area contributed by atoms with Crippen LogP contribution in [0, 0.1) is 13.8 Å². The second kappa shape index (κ2) is 7.56. The molecule has 118 valence electrons. The van der Waals surface area contributed by atoms with E-state index >= 15 is 0 Å². The number of rotatable bonds is 6. The van der Waals surface area contributed by atoms with Crippen molar-refractivity contribution in [2.24, 2.45) is 5.84 Å². The number of likely N-dealkylation sites (tertiary alicyclic amines) is 1. The Labute approximate surface area is 127 Å². The molecule has 6 heteroatoms. The first-order valence-electron chi connectivity index (χ1n) is 7.91. The smallest absolute Gasteiger partial charge is 0.148 e. The fourth-order valence-corrected chi connectivity index (χ4v) is 2.92. The largest absolute Gasteiger partial charge is 0.370 e. The number of hydrazine groups is 1. The first-order chi connectivity index (χ1) is 10.1. The summed E-state index contributed by atoms with van der Waals surface area (Å²) in [5.41, 5.74) is 3.59. The Hall–Kier alpha value is -1.40. The van der Waals surface area contributed by atoms with Crippen LogP contribution in [0.3, 0.4) is 0 Å². The number of nitrogens with two attached hydrogens (primary N) is 1. The number of aromatic nitrogens is 2. The molecule has 0 bridgehead atoms. The zero-order valence-corrected chi connectivity index (χ0v) is 13.4. The van der Waals surface area contributed by atoms with Crippen molar-refractivity contribution < 1.29 is 0 Å². The number of nitrogens with zero attached hydrogens (tertiary/aromatic N) is 3. The van der Waals surface area contributed by atoms with Gasteiger partial charge in [0.2, 0.25) is 0 Å². The predicted molar refractivity (Wildman–Crippen MR) is 87.3 cm³/mol. The van der Waals surface area contributed by atoms with E-state index in [4.69, 9.17) is 5.84 Å². The van der Waals surface area contributed by atoms with Gasteiger partial charge in [-0.2, -0.15) is 0 Å². The minimum absolute atomic E-state index is 0.689. The summed E-state index contributed by atoms with van der Waals surface area (Å²) in [5, 5.41) is 3.41. The van der Waals surface area contributed by atoms with Crippen LogP contribution in [0.1, 0.15) is 44.0 Å². The topological polar surface area (TPSA) is 79.1 Å². The summed E-state index contributed by atoms with van der Waals surface area (Å²) in [5.74, 6) is 7.77. The Balaban J connectivity index is 1.82. The molecule has 1 saturated heterocycles. The molecule has 1 aromatic heterocycles. The molecule has 1 atom stereocenters. The second-order valence-electron chi connectivity index (χ2n) is 5.90. The van der Waals surface area contributed by atoms with Crippen LogP contribution in [0.4, 0.5) is 11.6 Å². The van der Waals surface area contributed by atoms with Gasteiger partial charge in [-0.15, -0.1) is 0 Å². The minimum Gasteiger partial charge on any atom is -0.370 e. The number of nitrogen functional groups attached to an aromatic ring is 1. The lowest BCUT2D eigenvalue weighted by Gasteiger charge is -2.33. The van der Waals surface area contributed by atoms with Gasteiger partial charge in [-0.05, 0) is 46.6 Å². The summed E-state index contributed by atoms with van der Waals surface area (Å²) in [4.78, 5) is 11.3. The third-order valence-electron chi connectivity index (χ3n) is 4.25. The molecule has 4 N–H and O–H groups in total. The van der Waals surface area contributed by atoms with Crippen molar-refractivity contribution >= 4 is 11.6 Å². The molecule has 2 rings (SSSR count). The van der Waals surface area contributed by atoms with Crippen molar-refractivity contribution in [1.82, 2.24) is 14.9 Å². The molecule has 21 heavy (non-hydrogen) atoms. The van der Waals surface area contributed by atoms with Gasteiger partial charge in [-0.1, -0.05) is 6.42 Å². The van der Waals surface area contributed by atoms with Crippen molar-refractivity contribution in [2.75, 3.05) is 30.4 Å². The Morgan fingerprint density at radius 2 is 2.00 bits per heavy atom. The zero-order chi connectivity index (χ0) is 15.2. The number of aryl methyl sites for hydroxylation is 1. The van der Waals surface area contributed by atoms with E-state index in [9.17, 15) is 0 Å². The summed E-state index contributed by atoms with van der Waals surface area (Å²) in [6.45, 7) is 9.51. The van der Waals surface area contributed by atoms with Crippen LogP contribution in [-0.4, -0.2) is 40.5 Å². The summed E-state index contributed by atoms with van der Waals surface area (Å²) in [7, 11) is 0. The second-order valence-corrected chi connectivity index (χ2v) is 5.90. The van der Waals surface area contributed by atoms with Crippen LogP contribution in [0.25, 0.3) is 0 Å². The molecular formula is C15H28N6. The molecule has 1 fully saturated rings. The molecule has 0 spiro atoms. The number of hydrogen-bond acceptors (Lipinski definition) is 6. The number of hydrogen-bond donors (Lipinski definition) is 3. The summed E-state index contributed by atoms with van der Waals surface area (Å²) in [6, 6.07) is 0.731. The molecule has 0 radical (unpaired) electrons. The van der Waals surface area contributed by atoms with E-state index in [1.165, 1.54) is 25.8 Å². The number of piperidine rings is 1. The highest BCUT2D eigenvalue weighted by molar-refractivity contribution is 5.56. The summed E-state index contributed by atoms with van der Waals surface area (Å²) in [6.07, 6.45) is 5.18. The average Bonchev–Trinajstić information content (AvgIpc) is 2.48. The highest BCUT2D eigenvalue weighted by Gasteiger charge is 2.17. The highest BCUT2D eigenvalue weighted by Crippen LogP contribution is 2.19. The van der Waals surface area contributed by atoms with Gasteiger partial charge in [0.25, 0.3) is 0 Å². The van der Waals surface area contributed by atoms with Gasteiger partial charge >= 0.3 is 0 Å². The maximum atomic E-state index is 5.48. The molecule has 0 aromatic carbocycles. The van der Waals surface area contributed by atoms with Crippen molar-refractivity contribution in [3.63, 3.8) is 0 Å². The molecule has 0 aliphatic carbocycles. The van der Waals surface area contributed by atoms with Crippen molar-refractivity contribution in [2.45, 2.75) is 52.5 Å². The van der Waals surface area contributed by atoms with E-state index in [-0.39, 0.29) is 0 Å². The lowest BCUT2D eigenvalue weighted by Crippen LogP contribution is -2.38. The Bertz CT molecular complexity index is 462. The normalized spacial score (nSPS) is 19.5. The quantitative estimate of drug-likeness (QED) is 0.423. The fourth-order valence-electron chi connectivity index (χ4n) is 2.92. The molecule has 1 aromatic rings. The Morgan fingerprint density at radius 3 is 2.71 bits per heavy atom. The van der Waals surface area contributed by atoms with Crippen LogP contribution in [0.15, 0.2) is 0 Å². The molecule has 2 heterocycles. The third kappa shape index (κ3) is 4.28. The van der Waals surface area contributed by atoms with Gasteiger partial charge in [0.15, 0.2) is 0 Å². The Kier molecular flexibility index (Phi) is 5.76. The van der Waals surface area contributed by atoms with E-state index in [2.05, 4.69) is 32.5 Å². The first-order valence-corrected chi connectivity index (χ1v) is 7.91. The van der Waals surface area contributed by atoms with Crippen LogP contribution in [0.2, 0.25) is 0 Å². The molecule has 1 aliphatic rings. The van der Waals surface area contributed by atoms with E-state index in [0.717, 1.165) is 42.8 Å². The van der Waals surface area contributed by atoms with Gasteiger partial charge in [0.05, 0.1) is 0 Å². The first kappa shape index (κ1) is 16.0. The molecular weight excluding hydrogens is 264 g/mol. The molecule has 0 amide bonds. The van der Waals surface area contributed by atoms with E-state index in [1.807, 2.05) is 13.8 Å². The zero-order valence-electron chi connectivity index (χ0n) is 13.4. The van der Waals surface area contributed by atoms with Crippen LogP contribution >= 0.6 is 0 Å². The van der Waals surface area contributed by atoms with E-state index < -0.39 is 0 Å². The standard InChI is InChI=1S/C15H28N6/c1-11-7-4-5-9-21(11)10-6-8-17-14-12(2)15(20-16)19-13(3)18-14/h11H,4-10,16H2,1-3H3,(H2,17,18,19,20). The van der Waals surface area contributed by atoms with Crippen LogP contribution in [0.5, 0.6) is 0 Å². The molecule has 6 nitrogen and oxygen atoms in total. The monoisotopic (exact) mass is 292 g/mol. The summed E-state index contributed by atoms with van der Waals surface area (Å²) < 4.78 is 0. The van der Waals surface area contributed by atoms with Crippen molar-refractivity contribution in [3.8, 4) is 0 Å². The average molecular weight is 292 g/mol. The van der Waals surface area contributed by atoms with Crippen LogP contribution in [-0.2, 0) is 0 Å². The minimum atomic E-state index is 0.689. The Morgan fingerprint density at radius 1 is 1.24 bits per heavy atom. The lowest BCUT2D eigenvalue weighted by atomic mass is 10.0. The highest BCUT2D eigenvalue weighted by atomic mass is 15.3. The lowest BCUT2D eigenvalue weighted by molar-refractivity contribution is 0.160. The number of anilines is 2. The van der Waals surface area contributed by atoms with E-state index in [0.29, 0.717) is 5.82 Å². The van der Waals surface area contributed by atoms with Gasteiger partial charge in [0, 0.05) is 24.7 Å². The molecule has 0 saturated carbocycles. The van der Waals surface area contributed by atoms with Crippen molar-refractivity contribution in [1.29, 1.82) is 0 Å². The predicted octanol–water partition coefficient (Wildman–Crippen LogP) is 2.06. The van der Waals surface area contributed by atoms with E-state index in [1.54, 1.807) is 0 Å². The third-order valence-corrected chi connectivity index (χ3v) is 4.25. The van der Waals surface area contributed by atoms with Gasteiger partial charge in [-0.25, -0.2) is 15.8 Å². The maximum Gasteiger partial charge on any atom is 0.148 e. The fraction of sp³-hybridized carbons (Fsp3) is 0.733. The summed E-state index contributed by atoms with van der Waals surface area (Å²) >= 11 is 0. The molecule has 1 unspecified atom stereocenters.